The maximum absolute atomic E-state index is 13.5. The van der Waals surface area contributed by atoms with E-state index in [9.17, 15) is 13.2 Å². The van der Waals surface area contributed by atoms with E-state index in [2.05, 4.69) is 16.9 Å². The summed E-state index contributed by atoms with van der Waals surface area (Å²) in [5.41, 5.74) is 5.28. The topological polar surface area (TPSA) is 70.9 Å². The van der Waals surface area contributed by atoms with Crippen molar-refractivity contribution in [2.24, 2.45) is 0 Å². The molecule has 6 nitrogen and oxygen atoms in total. The van der Waals surface area contributed by atoms with Crippen molar-refractivity contribution in [3.8, 4) is 0 Å². The van der Waals surface area contributed by atoms with E-state index >= 15 is 0 Å². The molecule has 35 heavy (non-hydrogen) atoms. The lowest BCUT2D eigenvalue weighted by atomic mass is 10.0. The molecule has 7 heteroatoms. The highest BCUT2D eigenvalue weighted by Crippen LogP contribution is 2.29. The molecule has 1 saturated heterocycles. The van der Waals surface area contributed by atoms with Gasteiger partial charge in [0, 0.05) is 5.56 Å². The molecule has 1 fully saturated rings. The van der Waals surface area contributed by atoms with Crippen LogP contribution < -0.4 is 9.62 Å². The molecular formula is C28H34N3O3S+. The summed E-state index contributed by atoms with van der Waals surface area (Å²) in [6, 6.07) is 19.3. The molecule has 4 rings (SSSR count). The van der Waals surface area contributed by atoms with Gasteiger partial charge in [-0.15, -0.1) is 0 Å². The molecule has 0 bridgehead atoms. The molecule has 1 aliphatic rings. The number of carbonyl (C=O) groups is 1. The van der Waals surface area contributed by atoms with Crippen LogP contribution in [0.2, 0.25) is 0 Å². The maximum Gasteiger partial charge on any atom is 0.262 e. The zero-order chi connectivity index (χ0) is 25.2. The van der Waals surface area contributed by atoms with Crippen molar-refractivity contribution in [1.29, 1.82) is 0 Å². The first-order valence-electron chi connectivity index (χ1n) is 12.0. The Balaban J connectivity index is 1.52. The van der Waals surface area contributed by atoms with Crippen molar-refractivity contribution >= 4 is 21.6 Å². The number of benzene rings is 3. The number of nitrogens with zero attached hydrogens (tertiary/aromatic N) is 1. The van der Waals surface area contributed by atoms with Crippen molar-refractivity contribution in [3.05, 3.63) is 94.0 Å². The van der Waals surface area contributed by atoms with Gasteiger partial charge in [-0.25, -0.2) is 8.42 Å². The summed E-state index contributed by atoms with van der Waals surface area (Å²) in [5, 5.41) is 0. The minimum absolute atomic E-state index is 0.143. The smallest absolute Gasteiger partial charge is 0.262 e. The van der Waals surface area contributed by atoms with Crippen molar-refractivity contribution in [1.82, 2.24) is 4.90 Å². The van der Waals surface area contributed by atoms with Crippen LogP contribution in [-0.4, -0.2) is 45.4 Å². The van der Waals surface area contributed by atoms with Gasteiger partial charge in [0.1, 0.15) is 6.54 Å². The molecule has 1 amide bonds. The average Bonchev–Trinajstić information content (AvgIpc) is 2.83. The predicted molar refractivity (Wildman–Crippen MR) is 139 cm³/mol. The first kappa shape index (κ1) is 24.9. The van der Waals surface area contributed by atoms with Crippen LogP contribution in [0.15, 0.2) is 65.6 Å². The van der Waals surface area contributed by atoms with Gasteiger partial charge in [-0.3, -0.25) is 9.52 Å². The third kappa shape index (κ3) is 5.41. The Morgan fingerprint density at radius 2 is 1.46 bits per heavy atom. The third-order valence-corrected chi connectivity index (χ3v) is 8.66. The lowest BCUT2D eigenvalue weighted by Crippen LogP contribution is -3.13. The number of para-hydroxylation sites is 1. The second-order valence-corrected chi connectivity index (χ2v) is 11.1. The fraction of sp³-hybridized carbons (Fsp3) is 0.321. The molecule has 0 aliphatic carbocycles. The van der Waals surface area contributed by atoms with Gasteiger partial charge in [-0.2, -0.15) is 0 Å². The Kier molecular flexibility index (Phi) is 7.28. The summed E-state index contributed by atoms with van der Waals surface area (Å²) in [6.45, 7) is 11.4. The first-order chi connectivity index (χ1) is 16.7. The molecule has 184 valence electrons. The van der Waals surface area contributed by atoms with Crippen LogP contribution in [0.4, 0.5) is 5.69 Å². The van der Waals surface area contributed by atoms with Gasteiger partial charge in [0.05, 0.1) is 42.3 Å². The number of amides is 1. The zero-order valence-corrected chi connectivity index (χ0v) is 21.7. The van der Waals surface area contributed by atoms with Gasteiger partial charge in [0.2, 0.25) is 0 Å². The molecule has 1 heterocycles. The molecule has 0 atom stereocenters. The van der Waals surface area contributed by atoms with Crippen molar-refractivity contribution in [3.63, 3.8) is 0 Å². The minimum atomic E-state index is -3.87. The Hall–Kier alpha value is -3.16. The lowest BCUT2D eigenvalue weighted by molar-refractivity contribution is -0.917. The third-order valence-electron chi connectivity index (χ3n) is 7.02. The second kappa shape index (κ2) is 10.2. The highest BCUT2D eigenvalue weighted by molar-refractivity contribution is 7.92. The Morgan fingerprint density at radius 3 is 2.09 bits per heavy atom. The number of rotatable bonds is 6. The van der Waals surface area contributed by atoms with E-state index in [0.29, 0.717) is 24.3 Å². The largest absolute Gasteiger partial charge is 0.328 e. The van der Waals surface area contributed by atoms with Crippen LogP contribution in [0.3, 0.4) is 0 Å². The van der Waals surface area contributed by atoms with Gasteiger partial charge in [-0.05, 0) is 62.1 Å². The van der Waals surface area contributed by atoms with Crippen molar-refractivity contribution in [2.75, 3.05) is 30.9 Å². The molecule has 0 aromatic heterocycles. The van der Waals surface area contributed by atoms with Crippen LogP contribution in [0.25, 0.3) is 0 Å². The highest BCUT2D eigenvalue weighted by atomic mass is 32.2. The number of hydrogen-bond acceptors (Lipinski definition) is 3. The van der Waals surface area contributed by atoms with Crippen LogP contribution in [-0.2, 0) is 16.6 Å². The number of anilines is 1. The summed E-state index contributed by atoms with van der Waals surface area (Å²) in [7, 11) is -3.87. The van der Waals surface area contributed by atoms with Gasteiger partial charge >= 0.3 is 0 Å². The monoisotopic (exact) mass is 492 g/mol. The molecule has 0 saturated carbocycles. The fourth-order valence-electron chi connectivity index (χ4n) is 4.80. The van der Waals surface area contributed by atoms with Crippen molar-refractivity contribution < 1.29 is 18.1 Å². The van der Waals surface area contributed by atoms with Gasteiger partial charge in [0.25, 0.3) is 15.9 Å². The molecule has 0 radical (unpaired) electrons. The van der Waals surface area contributed by atoms with E-state index in [1.54, 1.807) is 24.3 Å². The van der Waals surface area contributed by atoms with Gasteiger partial charge in [-0.1, -0.05) is 48.5 Å². The number of quaternary nitrogens is 1. The highest BCUT2D eigenvalue weighted by Gasteiger charge is 2.28. The average molecular weight is 493 g/mol. The molecular weight excluding hydrogens is 458 g/mol. The van der Waals surface area contributed by atoms with E-state index < -0.39 is 10.0 Å². The number of piperazine rings is 1. The summed E-state index contributed by atoms with van der Waals surface area (Å²) in [4.78, 5) is 17.0. The van der Waals surface area contributed by atoms with Crippen LogP contribution in [0, 0.1) is 27.7 Å². The molecule has 3 aromatic rings. The normalized spacial score (nSPS) is 14.7. The quantitative estimate of drug-likeness (QED) is 0.555. The van der Waals surface area contributed by atoms with E-state index in [-0.39, 0.29) is 10.8 Å². The number of aryl methyl sites for hydroxylation is 2. The van der Waals surface area contributed by atoms with Gasteiger partial charge in [0.15, 0.2) is 0 Å². The molecule has 0 spiro atoms. The Labute approximate surface area is 208 Å². The Morgan fingerprint density at radius 1 is 0.886 bits per heavy atom. The van der Waals surface area contributed by atoms with Crippen LogP contribution >= 0.6 is 0 Å². The first-order valence-corrected chi connectivity index (χ1v) is 13.5. The number of carbonyl (C=O) groups excluding carboxylic acids is 1. The Bertz CT molecular complexity index is 1300. The van der Waals surface area contributed by atoms with Crippen molar-refractivity contribution in [2.45, 2.75) is 39.1 Å². The van der Waals surface area contributed by atoms with E-state index in [1.807, 2.05) is 56.9 Å². The number of sulfonamides is 1. The van der Waals surface area contributed by atoms with E-state index in [0.717, 1.165) is 41.9 Å². The number of nitrogens with one attached hydrogen (secondary N) is 2. The molecule has 1 aliphatic heterocycles. The van der Waals surface area contributed by atoms with Crippen LogP contribution in [0.5, 0.6) is 0 Å². The maximum atomic E-state index is 13.5. The lowest BCUT2D eigenvalue weighted by Gasteiger charge is -2.32. The summed E-state index contributed by atoms with van der Waals surface area (Å²) >= 11 is 0. The predicted octanol–water partition coefficient (Wildman–Crippen LogP) is 3.26. The van der Waals surface area contributed by atoms with Crippen LogP contribution in [0.1, 0.15) is 38.2 Å². The molecule has 3 aromatic carbocycles. The standard InChI is InChI=1S/C28H33N3O3S/c1-20-18-21(2)23(4)27(22(20)3)35(33,34)29-26-13-9-8-12-25(26)28(32)31-16-14-30(15-17-31)19-24-10-6-5-7-11-24/h5-13,18,29H,14-17,19H2,1-4H3/p+1. The van der Waals surface area contributed by atoms with Gasteiger partial charge < -0.3 is 9.80 Å². The number of hydrogen-bond donors (Lipinski definition) is 2. The summed E-state index contributed by atoms with van der Waals surface area (Å²) in [5.74, 6) is -0.143. The molecule has 0 unspecified atom stereocenters. The summed E-state index contributed by atoms with van der Waals surface area (Å²) < 4.78 is 29.7. The molecule has 2 N–H and O–H groups in total. The SMILES string of the molecule is Cc1cc(C)c(C)c(S(=O)(=O)Nc2ccccc2C(=O)N2CC[NH+](Cc3ccccc3)CC2)c1C. The van der Waals surface area contributed by atoms with E-state index in [4.69, 9.17) is 0 Å². The second-order valence-electron chi connectivity index (χ2n) is 9.45. The minimum Gasteiger partial charge on any atom is -0.328 e. The van der Waals surface area contributed by atoms with E-state index in [1.165, 1.54) is 10.5 Å². The fourth-order valence-corrected chi connectivity index (χ4v) is 6.49. The zero-order valence-electron chi connectivity index (χ0n) is 20.9. The summed E-state index contributed by atoms with van der Waals surface area (Å²) in [6.07, 6.45) is 0.